The zero-order valence-corrected chi connectivity index (χ0v) is 9.34. The van der Waals surface area contributed by atoms with Gasteiger partial charge in [-0.05, 0) is 0 Å². The summed E-state index contributed by atoms with van der Waals surface area (Å²) in [5.74, 6) is -1.12. The minimum atomic E-state index is -0.784. The molecule has 1 rings (SSSR count). The maximum Gasteiger partial charge on any atom is 0.273 e. The first-order valence-electron chi connectivity index (χ1n) is 4.80. The van der Waals surface area contributed by atoms with Gasteiger partial charge in [0.2, 0.25) is 5.91 Å². The van der Waals surface area contributed by atoms with Crippen molar-refractivity contribution < 1.29 is 14.3 Å². The Balaban J connectivity index is 2.57. The minimum Gasteiger partial charge on any atom is -0.383 e. The van der Waals surface area contributed by atoms with Crippen molar-refractivity contribution in [3.05, 3.63) is 5.69 Å². The van der Waals surface area contributed by atoms with Gasteiger partial charge in [-0.2, -0.15) is 0 Å². The predicted octanol–water partition coefficient (Wildman–Crippen LogP) is -2.28. The Kier molecular flexibility index (Phi) is 4.40. The van der Waals surface area contributed by atoms with Crippen molar-refractivity contribution in [2.24, 2.45) is 5.73 Å². The molecule has 0 spiro atoms. The number of anilines is 1. The van der Waals surface area contributed by atoms with E-state index in [4.69, 9.17) is 16.2 Å². The summed E-state index contributed by atoms with van der Waals surface area (Å²) in [5.41, 5.74) is 10.4. The number of carbonyl (C=O) groups excluding carboxylic acids is 2. The topological polar surface area (TPSA) is 138 Å². The number of carbonyl (C=O) groups is 2. The molecule has 0 saturated carbocycles. The number of ether oxygens (including phenoxy) is 1. The van der Waals surface area contributed by atoms with E-state index in [1.807, 2.05) is 0 Å². The van der Waals surface area contributed by atoms with Crippen molar-refractivity contribution in [2.75, 3.05) is 26.0 Å². The van der Waals surface area contributed by atoms with E-state index in [1.54, 1.807) is 0 Å². The number of amides is 2. The fourth-order valence-electron chi connectivity index (χ4n) is 1.10. The van der Waals surface area contributed by atoms with Gasteiger partial charge in [-0.15, -0.1) is 5.10 Å². The zero-order chi connectivity index (χ0) is 12.8. The van der Waals surface area contributed by atoms with Gasteiger partial charge in [0.25, 0.3) is 5.91 Å². The standard InChI is InChI=1S/C8H14N6O3/c1-17-3-2-11-5(15)4-14-7(9)6(8(10)16)12-13-14/h2-4,9H2,1H3,(H2,10,16)(H,11,15). The maximum atomic E-state index is 11.4. The number of methoxy groups -OCH3 is 1. The van der Waals surface area contributed by atoms with E-state index >= 15 is 0 Å². The Morgan fingerprint density at radius 3 is 2.76 bits per heavy atom. The van der Waals surface area contributed by atoms with Crippen molar-refractivity contribution in [3.63, 3.8) is 0 Å². The molecule has 0 fully saturated rings. The Hall–Kier alpha value is -2.16. The third kappa shape index (κ3) is 3.41. The van der Waals surface area contributed by atoms with Gasteiger partial charge in [-0.3, -0.25) is 9.59 Å². The summed E-state index contributed by atoms with van der Waals surface area (Å²) in [4.78, 5) is 22.2. The van der Waals surface area contributed by atoms with Crippen LogP contribution in [0.3, 0.4) is 0 Å². The second-order valence-electron chi connectivity index (χ2n) is 3.19. The number of hydrogen-bond donors (Lipinski definition) is 3. The lowest BCUT2D eigenvalue weighted by atomic mass is 10.4. The highest BCUT2D eigenvalue weighted by atomic mass is 16.5. The smallest absolute Gasteiger partial charge is 0.273 e. The highest BCUT2D eigenvalue weighted by Gasteiger charge is 2.15. The van der Waals surface area contributed by atoms with Gasteiger partial charge >= 0.3 is 0 Å². The van der Waals surface area contributed by atoms with E-state index < -0.39 is 5.91 Å². The van der Waals surface area contributed by atoms with Gasteiger partial charge in [-0.25, -0.2) is 4.68 Å². The van der Waals surface area contributed by atoms with Crippen molar-refractivity contribution in [1.82, 2.24) is 20.3 Å². The molecule has 94 valence electrons. The molecule has 0 aliphatic rings. The quantitative estimate of drug-likeness (QED) is 0.480. The third-order valence-corrected chi connectivity index (χ3v) is 1.93. The molecule has 0 saturated heterocycles. The van der Waals surface area contributed by atoms with Crippen molar-refractivity contribution in [3.8, 4) is 0 Å². The Labute approximate surface area is 97.1 Å². The first-order chi connectivity index (χ1) is 8.06. The van der Waals surface area contributed by atoms with Crippen LogP contribution in [0.4, 0.5) is 5.82 Å². The minimum absolute atomic E-state index is 0.0283. The van der Waals surface area contributed by atoms with Crippen LogP contribution in [0.15, 0.2) is 0 Å². The SMILES string of the molecule is COCCNC(=O)Cn1nnc(C(N)=O)c1N. The molecule has 17 heavy (non-hydrogen) atoms. The molecule has 1 aromatic heterocycles. The van der Waals surface area contributed by atoms with Crippen molar-refractivity contribution in [2.45, 2.75) is 6.54 Å². The van der Waals surface area contributed by atoms with Gasteiger partial charge < -0.3 is 21.5 Å². The predicted molar refractivity (Wildman–Crippen MR) is 57.8 cm³/mol. The van der Waals surface area contributed by atoms with Crippen LogP contribution in [-0.2, 0) is 16.1 Å². The summed E-state index contributed by atoms with van der Waals surface area (Å²) in [6.07, 6.45) is 0. The third-order valence-electron chi connectivity index (χ3n) is 1.93. The van der Waals surface area contributed by atoms with Gasteiger partial charge in [0, 0.05) is 13.7 Å². The normalized spacial score (nSPS) is 10.2. The number of nitrogens with two attached hydrogens (primary N) is 2. The van der Waals surface area contributed by atoms with Crippen molar-refractivity contribution >= 4 is 17.6 Å². The molecule has 2 amide bonds. The van der Waals surface area contributed by atoms with E-state index in [-0.39, 0.29) is 24.0 Å². The summed E-state index contributed by atoms with van der Waals surface area (Å²) < 4.78 is 5.87. The van der Waals surface area contributed by atoms with E-state index in [9.17, 15) is 9.59 Å². The van der Waals surface area contributed by atoms with Crippen molar-refractivity contribution in [1.29, 1.82) is 0 Å². The van der Waals surface area contributed by atoms with Crippen LogP contribution in [0.5, 0.6) is 0 Å². The summed E-state index contributed by atoms with van der Waals surface area (Å²) in [6.45, 7) is 0.660. The largest absolute Gasteiger partial charge is 0.383 e. The first kappa shape index (κ1) is 12.9. The fraction of sp³-hybridized carbons (Fsp3) is 0.500. The van der Waals surface area contributed by atoms with Crippen LogP contribution in [0, 0.1) is 0 Å². The molecule has 0 aromatic carbocycles. The molecule has 9 heteroatoms. The Morgan fingerprint density at radius 1 is 1.53 bits per heavy atom. The molecule has 1 heterocycles. The molecule has 0 aliphatic heterocycles. The highest BCUT2D eigenvalue weighted by Crippen LogP contribution is 2.05. The number of nitrogens with one attached hydrogen (secondary N) is 1. The number of primary amides is 1. The number of nitrogen functional groups attached to an aromatic ring is 1. The maximum absolute atomic E-state index is 11.4. The van der Waals surface area contributed by atoms with Gasteiger partial charge in [-0.1, -0.05) is 5.21 Å². The fourth-order valence-corrected chi connectivity index (χ4v) is 1.10. The lowest BCUT2D eigenvalue weighted by Gasteiger charge is -2.05. The summed E-state index contributed by atoms with van der Waals surface area (Å²) in [7, 11) is 1.53. The summed E-state index contributed by atoms with van der Waals surface area (Å²) >= 11 is 0. The Bertz CT molecular complexity index is 415. The lowest BCUT2D eigenvalue weighted by Crippen LogP contribution is -2.31. The number of nitrogens with zero attached hydrogens (tertiary/aromatic N) is 3. The van der Waals surface area contributed by atoms with E-state index in [1.165, 1.54) is 7.11 Å². The first-order valence-corrected chi connectivity index (χ1v) is 4.80. The molecule has 1 aromatic rings. The van der Waals surface area contributed by atoms with E-state index in [2.05, 4.69) is 15.6 Å². The average Bonchev–Trinajstić information content (AvgIpc) is 2.61. The number of rotatable bonds is 6. The highest BCUT2D eigenvalue weighted by molar-refractivity contribution is 5.95. The molecular formula is C8H14N6O3. The van der Waals surface area contributed by atoms with Gasteiger partial charge in [0.05, 0.1) is 6.61 Å². The average molecular weight is 242 g/mol. The molecule has 0 aliphatic carbocycles. The second-order valence-corrected chi connectivity index (χ2v) is 3.19. The van der Waals surface area contributed by atoms with Crippen LogP contribution < -0.4 is 16.8 Å². The monoisotopic (exact) mass is 242 g/mol. The summed E-state index contributed by atoms with van der Waals surface area (Å²) in [6, 6.07) is 0. The van der Waals surface area contributed by atoms with Crippen LogP contribution in [0.2, 0.25) is 0 Å². The van der Waals surface area contributed by atoms with Crippen LogP contribution in [-0.4, -0.2) is 47.1 Å². The molecule has 0 unspecified atom stereocenters. The molecule has 9 nitrogen and oxygen atoms in total. The van der Waals surface area contributed by atoms with Gasteiger partial charge in [0.15, 0.2) is 11.5 Å². The Morgan fingerprint density at radius 2 is 2.24 bits per heavy atom. The van der Waals surface area contributed by atoms with Crippen LogP contribution in [0.25, 0.3) is 0 Å². The zero-order valence-electron chi connectivity index (χ0n) is 9.34. The van der Waals surface area contributed by atoms with Gasteiger partial charge in [0.1, 0.15) is 6.54 Å². The van der Waals surface area contributed by atoms with Crippen LogP contribution in [0.1, 0.15) is 10.5 Å². The van der Waals surface area contributed by atoms with E-state index in [0.717, 1.165) is 4.68 Å². The molecule has 0 atom stereocenters. The van der Waals surface area contributed by atoms with E-state index in [0.29, 0.717) is 13.2 Å². The molecular weight excluding hydrogens is 228 g/mol. The second kappa shape index (κ2) is 5.80. The van der Waals surface area contributed by atoms with Crippen LogP contribution >= 0.6 is 0 Å². The number of hydrogen-bond acceptors (Lipinski definition) is 6. The summed E-state index contributed by atoms with van der Waals surface area (Å²) in [5, 5.41) is 9.60. The lowest BCUT2D eigenvalue weighted by molar-refractivity contribution is -0.122. The molecule has 0 bridgehead atoms. The molecule has 0 radical (unpaired) electrons. The number of aromatic nitrogens is 3. The molecule has 5 N–H and O–H groups in total.